The summed E-state index contributed by atoms with van der Waals surface area (Å²) in [6.07, 6.45) is 8.33. The van der Waals surface area contributed by atoms with Gasteiger partial charge in [-0.1, -0.05) is 30.3 Å². The Labute approximate surface area is 215 Å². The van der Waals surface area contributed by atoms with Gasteiger partial charge in [0.2, 0.25) is 11.8 Å². The number of carbonyl (C=O) groups is 3. The fraction of sp³-hybridized carbons (Fsp3) is 0.393. The molecule has 2 aromatic heterocycles. The zero-order chi connectivity index (χ0) is 25.4. The first-order valence-electron chi connectivity index (χ1n) is 13.0. The van der Waals surface area contributed by atoms with E-state index < -0.39 is 0 Å². The van der Waals surface area contributed by atoms with Crippen LogP contribution in [0.15, 0.2) is 61.2 Å². The average molecular weight is 499 g/mol. The lowest BCUT2D eigenvalue weighted by molar-refractivity contribution is -0.128. The van der Waals surface area contributed by atoms with Gasteiger partial charge in [-0.25, -0.2) is 4.98 Å². The molecule has 2 N–H and O–H groups in total. The summed E-state index contributed by atoms with van der Waals surface area (Å²) in [6, 6.07) is 13.5. The highest BCUT2D eigenvalue weighted by molar-refractivity contribution is 5.98. The first kappa shape index (κ1) is 23.4. The zero-order valence-corrected chi connectivity index (χ0v) is 20.5. The van der Waals surface area contributed by atoms with Crippen LogP contribution in [0.2, 0.25) is 0 Å². The molecule has 3 atom stereocenters. The third kappa shape index (κ3) is 4.61. The summed E-state index contributed by atoms with van der Waals surface area (Å²) in [7, 11) is 0. The molecule has 5 heterocycles. The second-order valence-electron chi connectivity index (χ2n) is 10.3. The lowest BCUT2D eigenvalue weighted by Crippen LogP contribution is -2.51. The Hall–Kier alpha value is -4.01. The minimum atomic E-state index is -0.173. The Bertz CT molecular complexity index is 1280. The normalized spacial score (nSPS) is 24.9. The van der Waals surface area contributed by atoms with Crippen molar-refractivity contribution in [2.45, 2.75) is 56.8 Å². The molecule has 3 unspecified atom stereocenters. The second kappa shape index (κ2) is 9.80. The van der Waals surface area contributed by atoms with E-state index in [2.05, 4.69) is 20.3 Å². The van der Waals surface area contributed by atoms with E-state index in [1.165, 1.54) is 0 Å². The number of imidazole rings is 1. The number of aromatic nitrogens is 3. The predicted molar refractivity (Wildman–Crippen MR) is 136 cm³/mol. The maximum atomic E-state index is 13.6. The van der Waals surface area contributed by atoms with Crippen molar-refractivity contribution >= 4 is 17.7 Å². The number of hydrogen-bond donors (Lipinski definition) is 2. The van der Waals surface area contributed by atoms with E-state index in [4.69, 9.17) is 0 Å². The Morgan fingerprint density at radius 3 is 2.57 bits per heavy atom. The van der Waals surface area contributed by atoms with Crippen LogP contribution in [0.3, 0.4) is 0 Å². The molecule has 37 heavy (non-hydrogen) atoms. The molecular weight excluding hydrogens is 468 g/mol. The molecule has 3 aromatic rings. The topological polar surface area (TPSA) is 111 Å². The largest absolute Gasteiger partial charge is 0.351 e. The quantitative estimate of drug-likeness (QED) is 0.543. The number of H-pyrrole nitrogens is 1. The first-order valence-corrected chi connectivity index (χ1v) is 13.0. The third-order valence-electron chi connectivity index (χ3n) is 7.90. The van der Waals surface area contributed by atoms with Crippen molar-refractivity contribution < 1.29 is 14.4 Å². The average Bonchev–Trinajstić information content (AvgIpc) is 3.61. The number of hydrogen-bond acceptors (Lipinski definition) is 5. The van der Waals surface area contributed by atoms with Crippen molar-refractivity contribution in [1.82, 2.24) is 30.1 Å². The van der Waals surface area contributed by atoms with Crippen molar-refractivity contribution in [3.63, 3.8) is 0 Å². The summed E-state index contributed by atoms with van der Waals surface area (Å²) in [6.45, 7) is 1.09. The minimum Gasteiger partial charge on any atom is -0.351 e. The number of aromatic amines is 1. The van der Waals surface area contributed by atoms with E-state index in [1.807, 2.05) is 52.3 Å². The molecular formula is C28H30N6O3. The van der Waals surface area contributed by atoms with Gasteiger partial charge in [0.15, 0.2) is 0 Å². The van der Waals surface area contributed by atoms with Gasteiger partial charge in [0.1, 0.15) is 11.4 Å². The molecule has 3 aliphatic rings. The molecule has 0 spiro atoms. The van der Waals surface area contributed by atoms with Crippen LogP contribution in [0.5, 0.6) is 0 Å². The van der Waals surface area contributed by atoms with Crippen LogP contribution in [0.1, 0.15) is 48.2 Å². The van der Waals surface area contributed by atoms with Crippen molar-refractivity contribution in [3.05, 3.63) is 72.4 Å². The van der Waals surface area contributed by atoms with E-state index >= 15 is 0 Å². The number of nitrogens with zero attached hydrogens (tertiary/aromatic N) is 4. The third-order valence-corrected chi connectivity index (χ3v) is 7.90. The van der Waals surface area contributed by atoms with E-state index in [9.17, 15) is 14.4 Å². The van der Waals surface area contributed by atoms with Crippen molar-refractivity contribution in [2.75, 3.05) is 6.54 Å². The Kier molecular flexibility index (Phi) is 6.20. The van der Waals surface area contributed by atoms with Gasteiger partial charge in [-0.2, -0.15) is 0 Å². The number of likely N-dealkylation sites (tertiary alicyclic amines) is 1. The number of pyridine rings is 1. The van der Waals surface area contributed by atoms with Gasteiger partial charge in [-0.05, 0) is 43.4 Å². The van der Waals surface area contributed by atoms with E-state index in [0.29, 0.717) is 43.7 Å². The number of fused-ring (bicyclic) bond motifs is 2. The number of benzene rings is 1. The SMILES string of the molecule is O=C(NC1CC(=O)N(Cc2ccccc2)C1)C1CC2CCC(C1)N2C(=O)c1[nH]cnc1-c1cccnc1. The van der Waals surface area contributed by atoms with Crippen LogP contribution in [-0.2, 0) is 16.1 Å². The van der Waals surface area contributed by atoms with Crippen LogP contribution in [0, 0.1) is 5.92 Å². The summed E-state index contributed by atoms with van der Waals surface area (Å²) in [4.78, 5) is 54.7. The maximum absolute atomic E-state index is 13.6. The summed E-state index contributed by atoms with van der Waals surface area (Å²) in [5, 5.41) is 3.14. The molecule has 190 valence electrons. The Morgan fingerprint density at radius 2 is 1.84 bits per heavy atom. The van der Waals surface area contributed by atoms with Crippen molar-refractivity contribution in [2.24, 2.45) is 5.92 Å². The van der Waals surface area contributed by atoms with Gasteiger partial charge < -0.3 is 20.1 Å². The van der Waals surface area contributed by atoms with E-state index in [0.717, 1.165) is 24.0 Å². The Morgan fingerprint density at radius 1 is 1.05 bits per heavy atom. The van der Waals surface area contributed by atoms with Crippen LogP contribution in [0.4, 0.5) is 0 Å². The fourth-order valence-corrected chi connectivity index (χ4v) is 6.18. The van der Waals surface area contributed by atoms with Gasteiger partial charge in [-0.15, -0.1) is 0 Å². The van der Waals surface area contributed by atoms with E-state index in [1.54, 1.807) is 18.7 Å². The second-order valence-corrected chi connectivity index (χ2v) is 10.3. The highest BCUT2D eigenvalue weighted by atomic mass is 16.2. The molecule has 2 bridgehead atoms. The molecule has 0 radical (unpaired) electrons. The molecule has 0 aliphatic carbocycles. The first-order chi connectivity index (χ1) is 18.1. The molecule has 0 saturated carbocycles. The number of piperidine rings is 1. The van der Waals surface area contributed by atoms with Crippen LogP contribution in [0.25, 0.3) is 11.3 Å². The van der Waals surface area contributed by atoms with Gasteiger partial charge in [0.05, 0.1) is 12.4 Å². The molecule has 3 aliphatic heterocycles. The predicted octanol–water partition coefficient (Wildman–Crippen LogP) is 2.77. The molecule has 9 heteroatoms. The van der Waals surface area contributed by atoms with Crippen molar-refractivity contribution in [3.8, 4) is 11.3 Å². The Balaban J connectivity index is 1.08. The van der Waals surface area contributed by atoms with Gasteiger partial charge in [-0.3, -0.25) is 19.4 Å². The van der Waals surface area contributed by atoms with Gasteiger partial charge >= 0.3 is 0 Å². The maximum Gasteiger partial charge on any atom is 0.273 e. The number of nitrogens with one attached hydrogen (secondary N) is 2. The van der Waals surface area contributed by atoms with Crippen molar-refractivity contribution in [1.29, 1.82) is 0 Å². The number of carbonyl (C=O) groups excluding carboxylic acids is 3. The molecule has 3 amide bonds. The highest BCUT2D eigenvalue weighted by Crippen LogP contribution is 2.40. The summed E-state index contributed by atoms with van der Waals surface area (Å²) < 4.78 is 0. The van der Waals surface area contributed by atoms with Gasteiger partial charge in [0, 0.05) is 55.5 Å². The van der Waals surface area contributed by atoms with Crippen LogP contribution < -0.4 is 5.32 Å². The molecule has 3 saturated heterocycles. The monoisotopic (exact) mass is 498 g/mol. The molecule has 9 nitrogen and oxygen atoms in total. The fourth-order valence-electron chi connectivity index (χ4n) is 6.18. The lowest BCUT2D eigenvalue weighted by Gasteiger charge is -2.38. The number of amides is 3. The molecule has 6 rings (SSSR count). The number of rotatable bonds is 6. The van der Waals surface area contributed by atoms with Crippen LogP contribution in [-0.4, -0.2) is 67.1 Å². The van der Waals surface area contributed by atoms with Gasteiger partial charge in [0.25, 0.3) is 5.91 Å². The van der Waals surface area contributed by atoms with Crippen LogP contribution >= 0.6 is 0 Å². The van der Waals surface area contributed by atoms with E-state index in [-0.39, 0.29) is 41.8 Å². The summed E-state index contributed by atoms with van der Waals surface area (Å²) >= 11 is 0. The minimum absolute atomic E-state index is 0.000879. The molecule has 1 aromatic carbocycles. The summed E-state index contributed by atoms with van der Waals surface area (Å²) in [5.74, 6) is -0.153. The smallest absolute Gasteiger partial charge is 0.273 e. The zero-order valence-electron chi connectivity index (χ0n) is 20.5. The molecule has 3 fully saturated rings. The lowest BCUT2D eigenvalue weighted by atomic mass is 9.89. The highest BCUT2D eigenvalue weighted by Gasteiger charge is 2.46. The summed E-state index contributed by atoms with van der Waals surface area (Å²) in [5.41, 5.74) is 2.95. The standard InChI is InChI=1S/C28H30N6O3/c35-24-13-21(16-33(24)15-18-5-2-1-3-6-18)32-27(36)20-11-22-8-9-23(12-20)34(22)28(37)26-25(30-17-31-26)19-7-4-10-29-14-19/h1-7,10,14,17,20-23H,8-9,11-13,15-16H2,(H,30,31)(H,32,36).